The molecule has 0 fully saturated rings. The van der Waals surface area contributed by atoms with Crippen LogP contribution in [-0.2, 0) is 19.0 Å². The predicted molar refractivity (Wildman–Crippen MR) is 66.0 cm³/mol. The standard InChI is InChI=1S/C12H25NO4/c1-5-13-11(12(14)16-6-2)7-8-17-10(3)9-15-4/h10-11,13H,5-9H2,1-4H3. The lowest BCUT2D eigenvalue weighted by Crippen LogP contribution is -2.39. The molecule has 0 aromatic rings. The van der Waals surface area contributed by atoms with E-state index in [-0.39, 0.29) is 18.1 Å². The van der Waals surface area contributed by atoms with Crippen LogP contribution in [0.4, 0.5) is 0 Å². The van der Waals surface area contributed by atoms with E-state index in [9.17, 15) is 4.79 Å². The Morgan fingerprint density at radius 2 is 2.06 bits per heavy atom. The summed E-state index contributed by atoms with van der Waals surface area (Å²) < 4.78 is 15.5. The molecule has 0 aromatic heterocycles. The number of esters is 1. The molecule has 0 saturated heterocycles. The van der Waals surface area contributed by atoms with Crippen molar-refractivity contribution in [1.82, 2.24) is 5.32 Å². The van der Waals surface area contributed by atoms with Gasteiger partial charge in [0.1, 0.15) is 6.04 Å². The van der Waals surface area contributed by atoms with E-state index in [0.717, 1.165) is 6.54 Å². The summed E-state index contributed by atoms with van der Waals surface area (Å²) >= 11 is 0. The normalized spacial score (nSPS) is 14.4. The largest absolute Gasteiger partial charge is 0.465 e. The molecule has 0 spiro atoms. The summed E-state index contributed by atoms with van der Waals surface area (Å²) in [5.74, 6) is -0.211. The molecule has 2 unspecified atom stereocenters. The lowest BCUT2D eigenvalue weighted by atomic mass is 10.2. The van der Waals surface area contributed by atoms with E-state index in [0.29, 0.717) is 26.2 Å². The summed E-state index contributed by atoms with van der Waals surface area (Å²) in [4.78, 5) is 11.6. The first kappa shape index (κ1) is 16.4. The van der Waals surface area contributed by atoms with Gasteiger partial charge in [-0.2, -0.15) is 0 Å². The summed E-state index contributed by atoms with van der Waals surface area (Å²) in [6, 6.07) is -0.283. The molecule has 0 rings (SSSR count). The van der Waals surface area contributed by atoms with Gasteiger partial charge in [-0.25, -0.2) is 0 Å². The van der Waals surface area contributed by atoms with Crippen molar-refractivity contribution in [2.75, 3.05) is 33.5 Å². The molecule has 0 bridgehead atoms. The van der Waals surface area contributed by atoms with Gasteiger partial charge in [-0.15, -0.1) is 0 Å². The Kier molecular flexibility index (Phi) is 10.1. The first-order valence-electron chi connectivity index (χ1n) is 6.16. The minimum absolute atomic E-state index is 0.0458. The highest BCUT2D eigenvalue weighted by atomic mass is 16.5. The molecular formula is C12H25NO4. The predicted octanol–water partition coefficient (Wildman–Crippen LogP) is 0.969. The second kappa shape index (κ2) is 10.5. The fourth-order valence-corrected chi connectivity index (χ4v) is 1.46. The SMILES string of the molecule is CCNC(CCOC(C)COC)C(=O)OCC. The molecule has 0 saturated carbocycles. The number of methoxy groups -OCH3 is 1. The molecule has 5 nitrogen and oxygen atoms in total. The summed E-state index contributed by atoms with van der Waals surface area (Å²) in [5, 5.41) is 3.09. The van der Waals surface area contributed by atoms with Crippen LogP contribution in [0.5, 0.6) is 0 Å². The maximum atomic E-state index is 11.6. The van der Waals surface area contributed by atoms with Crippen LogP contribution >= 0.6 is 0 Å². The number of nitrogens with one attached hydrogen (secondary N) is 1. The number of hydrogen-bond donors (Lipinski definition) is 1. The van der Waals surface area contributed by atoms with Crippen molar-refractivity contribution >= 4 is 5.97 Å². The van der Waals surface area contributed by atoms with Crippen molar-refractivity contribution in [2.45, 2.75) is 39.3 Å². The number of carbonyl (C=O) groups excluding carboxylic acids is 1. The molecule has 5 heteroatoms. The fourth-order valence-electron chi connectivity index (χ4n) is 1.46. The topological polar surface area (TPSA) is 56.8 Å². The molecule has 0 amide bonds. The Hall–Kier alpha value is -0.650. The first-order valence-corrected chi connectivity index (χ1v) is 6.16. The molecule has 0 aliphatic heterocycles. The Bertz CT molecular complexity index is 199. The van der Waals surface area contributed by atoms with Crippen LogP contribution in [0.2, 0.25) is 0 Å². The molecule has 17 heavy (non-hydrogen) atoms. The average molecular weight is 247 g/mol. The molecule has 0 radical (unpaired) electrons. The van der Waals surface area contributed by atoms with E-state index in [1.807, 2.05) is 13.8 Å². The van der Waals surface area contributed by atoms with Crippen molar-refractivity contribution in [3.63, 3.8) is 0 Å². The Balaban J connectivity index is 3.87. The molecule has 0 aliphatic carbocycles. The number of hydrogen-bond acceptors (Lipinski definition) is 5. The Morgan fingerprint density at radius 3 is 2.59 bits per heavy atom. The molecule has 102 valence electrons. The molecule has 0 aliphatic rings. The maximum absolute atomic E-state index is 11.6. The zero-order valence-corrected chi connectivity index (χ0v) is 11.3. The first-order chi connectivity index (χ1) is 8.15. The van der Waals surface area contributed by atoms with Gasteiger partial charge in [-0.3, -0.25) is 4.79 Å². The molecule has 0 heterocycles. The lowest BCUT2D eigenvalue weighted by Gasteiger charge is -2.18. The van der Waals surface area contributed by atoms with Crippen LogP contribution in [0.15, 0.2) is 0 Å². The van der Waals surface area contributed by atoms with Crippen LogP contribution in [0.3, 0.4) is 0 Å². The van der Waals surface area contributed by atoms with Gasteiger partial charge in [-0.05, 0) is 26.8 Å². The summed E-state index contributed by atoms with van der Waals surface area (Å²) in [7, 11) is 1.64. The van der Waals surface area contributed by atoms with Gasteiger partial charge >= 0.3 is 5.97 Å². The van der Waals surface area contributed by atoms with Gasteiger partial charge in [0, 0.05) is 13.7 Å². The maximum Gasteiger partial charge on any atom is 0.323 e. The van der Waals surface area contributed by atoms with Crippen molar-refractivity contribution < 1.29 is 19.0 Å². The van der Waals surface area contributed by atoms with Gasteiger partial charge in [0.15, 0.2) is 0 Å². The number of ether oxygens (including phenoxy) is 3. The van der Waals surface area contributed by atoms with Gasteiger partial charge in [-0.1, -0.05) is 6.92 Å². The van der Waals surface area contributed by atoms with Gasteiger partial charge in [0.25, 0.3) is 0 Å². The van der Waals surface area contributed by atoms with Gasteiger partial charge in [0.2, 0.25) is 0 Å². The minimum atomic E-state index is -0.283. The highest BCUT2D eigenvalue weighted by Gasteiger charge is 2.18. The van der Waals surface area contributed by atoms with Crippen LogP contribution in [-0.4, -0.2) is 51.6 Å². The number of likely N-dealkylation sites (N-methyl/N-ethyl adjacent to an activating group) is 1. The smallest absolute Gasteiger partial charge is 0.323 e. The zero-order chi connectivity index (χ0) is 13.1. The van der Waals surface area contributed by atoms with E-state index in [1.54, 1.807) is 14.0 Å². The van der Waals surface area contributed by atoms with E-state index < -0.39 is 0 Å². The van der Waals surface area contributed by atoms with Crippen LogP contribution in [0, 0.1) is 0 Å². The van der Waals surface area contributed by atoms with E-state index in [4.69, 9.17) is 14.2 Å². The Morgan fingerprint density at radius 1 is 1.35 bits per heavy atom. The third kappa shape index (κ3) is 8.12. The fraction of sp³-hybridized carbons (Fsp3) is 0.917. The highest BCUT2D eigenvalue weighted by molar-refractivity contribution is 5.75. The average Bonchev–Trinajstić information content (AvgIpc) is 2.28. The van der Waals surface area contributed by atoms with Gasteiger partial charge < -0.3 is 19.5 Å². The number of carbonyl (C=O) groups is 1. The minimum Gasteiger partial charge on any atom is -0.465 e. The van der Waals surface area contributed by atoms with Gasteiger partial charge in [0.05, 0.1) is 19.3 Å². The van der Waals surface area contributed by atoms with E-state index in [2.05, 4.69) is 5.32 Å². The summed E-state index contributed by atoms with van der Waals surface area (Å²) in [6.45, 7) is 7.92. The molecule has 1 N–H and O–H groups in total. The third-order valence-corrected chi connectivity index (χ3v) is 2.23. The summed E-state index contributed by atoms with van der Waals surface area (Å²) in [6.07, 6.45) is 0.658. The van der Waals surface area contributed by atoms with Crippen molar-refractivity contribution in [3.05, 3.63) is 0 Å². The van der Waals surface area contributed by atoms with Crippen LogP contribution in [0.25, 0.3) is 0 Å². The monoisotopic (exact) mass is 247 g/mol. The summed E-state index contributed by atoms with van der Waals surface area (Å²) in [5.41, 5.74) is 0. The number of rotatable bonds is 10. The lowest BCUT2D eigenvalue weighted by molar-refractivity contribution is -0.146. The Labute approximate surface area is 104 Å². The van der Waals surface area contributed by atoms with Crippen LogP contribution in [0.1, 0.15) is 27.2 Å². The quantitative estimate of drug-likeness (QED) is 0.583. The molecular weight excluding hydrogens is 222 g/mol. The third-order valence-electron chi connectivity index (χ3n) is 2.23. The molecule has 0 aromatic carbocycles. The van der Waals surface area contributed by atoms with Crippen LogP contribution < -0.4 is 5.32 Å². The van der Waals surface area contributed by atoms with Crippen molar-refractivity contribution in [1.29, 1.82) is 0 Å². The highest BCUT2D eigenvalue weighted by Crippen LogP contribution is 2.00. The van der Waals surface area contributed by atoms with Crippen molar-refractivity contribution in [3.8, 4) is 0 Å². The van der Waals surface area contributed by atoms with E-state index >= 15 is 0 Å². The van der Waals surface area contributed by atoms with Crippen molar-refractivity contribution in [2.24, 2.45) is 0 Å². The zero-order valence-electron chi connectivity index (χ0n) is 11.3. The molecule has 2 atom stereocenters. The second-order valence-electron chi connectivity index (χ2n) is 3.79. The second-order valence-corrected chi connectivity index (χ2v) is 3.79. The van der Waals surface area contributed by atoms with E-state index in [1.165, 1.54) is 0 Å².